The highest BCUT2D eigenvalue weighted by atomic mass is 32.1. The summed E-state index contributed by atoms with van der Waals surface area (Å²) in [5.74, 6) is 3.28. The molecule has 0 spiro atoms. The molecule has 118 valence electrons. The standard InChI is InChI=1S/C16H23N5S/c1-3-8-17-14-9-15(20-13(4-2)19-14)21-16-18-10-12(22-16)11-6-5-7-11/h9-11H,3-8H2,1-2H3,(H2,17,18,19,20,21). The van der Waals surface area contributed by atoms with E-state index < -0.39 is 0 Å². The van der Waals surface area contributed by atoms with Crippen LogP contribution in [0.5, 0.6) is 0 Å². The Morgan fingerprint density at radius 2 is 2.05 bits per heavy atom. The third kappa shape index (κ3) is 3.55. The maximum Gasteiger partial charge on any atom is 0.188 e. The molecule has 3 rings (SSSR count). The number of rotatable bonds is 7. The molecule has 5 nitrogen and oxygen atoms in total. The molecule has 2 heterocycles. The van der Waals surface area contributed by atoms with Crippen LogP contribution in [-0.4, -0.2) is 21.5 Å². The first-order chi connectivity index (χ1) is 10.8. The van der Waals surface area contributed by atoms with Crippen molar-refractivity contribution < 1.29 is 0 Å². The zero-order valence-corrected chi connectivity index (χ0v) is 14.0. The van der Waals surface area contributed by atoms with Crippen LogP contribution in [0.1, 0.15) is 56.2 Å². The van der Waals surface area contributed by atoms with Gasteiger partial charge in [0.15, 0.2) is 5.13 Å². The quantitative estimate of drug-likeness (QED) is 0.796. The number of anilines is 3. The van der Waals surface area contributed by atoms with Gasteiger partial charge in [0.05, 0.1) is 0 Å². The van der Waals surface area contributed by atoms with Crippen LogP contribution in [0.15, 0.2) is 12.3 Å². The van der Waals surface area contributed by atoms with Gasteiger partial charge in [0.2, 0.25) is 0 Å². The van der Waals surface area contributed by atoms with Crippen molar-refractivity contribution in [2.45, 2.75) is 51.9 Å². The largest absolute Gasteiger partial charge is 0.370 e. The molecule has 2 aromatic heterocycles. The number of thiazole rings is 1. The highest BCUT2D eigenvalue weighted by Crippen LogP contribution is 2.40. The van der Waals surface area contributed by atoms with Crippen LogP contribution in [0.25, 0.3) is 0 Å². The lowest BCUT2D eigenvalue weighted by atomic mass is 9.85. The van der Waals surface area contributed by atoms with Crippen LogP contribution >= 0.6 is 11.3 Å². The smallest absolute Gasteiger partial charge is 0.188 e. The number of nitrogens with one attached hydrogen (secondary N) is 2. The number of hydrogen-bond donors (Lipinski definition) is 2. The summed E-state index contributed by atoms with van der Waals surface area (Å²) in [5, 5.41) is 7.58. The van der Waals surface area contributed by atoms with E-state index in [9.17, 15) is 0 Å². The fraction of sp³-hybridized carbons (Fsp3) is 0.562. The van der Waals surface area contributed by atoms with Gasteiger partial charge in [-0.05, 0) is 25.2 Å². The number of aryl methyl sites for hydroxylation is 1. The van der Waals surface area contributed by atoms with Crippen LogP contribution in [0.3, 0.4) is 0 Å². The first-order valence-corrected chi connectivity index (χ1v) is 8.94. The molecule has 6 heteroatoms. The van der Waals surface area contributed by atoms with E-state index in [2.05, 4.69) is 39.4 Å². The van der Waals surface area contributed by atoms with Gasteiger partial charge in [-0.3, -0.25) is 0 Å². The minimum Gasteiger partial charge on any atom is -0.370 e. The normalized spacial score (nSPS) is 14.6. The topological polar surface area (TPSA) is 62.7 Å². The molecule has 0 atom stereocenters. The minimum atomic E-state index is 0.728. The monoisotopic (exact) mass is 317 g/mol. The van der Waals surface area contributed by atoms with Gasteiger partial charge >= 0.3 is 0 Å². The van der Waals surface area contributed by atoms with Crippen molar-refractivity contribution in [1.82, 2.24) is 15.0 Å². The summed E-state index contributed by atoms with van der Waals surface area (Å²) in [6.07, 6.45) is 7.87. The van der Waals surface area contributed by atoms with Crippen molar-refractivity contribution in [3.05, 3.63) is 23.0 Å². The molecule has 0 aromatic carbocycles. The third-order valence-corrected chi connectivity index (χ3v) is 4.99. The zero-order valence-electron chi connectivity index (χ0n) is 13.2. The molecular formula is C16H23N5S. The summed E-state index contributed by atoms with van der Waals surface area (Å²) in [4.78, 5) is 14.9. The molecule has 1 aliphatic rings. The summed E-state index contributed by atoms with van der Waals surface area (Å²) >= 11 is 1.75. The summed E-state index contributed by atoms with van der Waals surface area (Å²) in [5.41, 5.74) is 0. The molecule has 1 fully saturated rings. The van der Waals surface area contributed by atoms with Crippen molar-refractivity contribution >= 4 is 28.1 Å². The highest BCUT2D eigenvalue weighted by Gasteiger charge is 2.21. The van der Waals surface area contributed by atoms with Crippen molar-refractivity contribution in [3.63, 3.8) is 0 Å². The molecule has 1 aliphatic carbocycles. The van der Waals surface area contributed by atoms with Crippen molar-refractivity contribution in [1.29, 1.82) is 0 Å². The Morgan fingerprint density at radius 3 is 2.73 bits per heavy atom. The van der Waals surface area contributed by atoms with Gasteiger partial charge in [-0.15, -0.1) is 11.3 Å². The van der Waals surface area contributed by atoms with Crippen LogP contribution in [0.4, 0.5) is 16.8 Å². The molecule has 22 heavy (non-hydrogen) atoms. The van der Waals surface area contributed by atoms with E-state index in [1.54, 1.807) is 11.3 Å². The molecule has 0 unspecified atom stereocenters. The fourth-order valence-corrected chi connectivity index (χ4v) is 3.39. The van der Waals surface area contributed by atoms with E-state index in [-0.39, 0.29) is 0 Å². The minimum absolute atomic E-state index is 0.728. The molecule has 1 saturated carbocycles. The van der Waals surface area contributed by atoms with E-state index in [4.69, 9.17) is 0 Å². The number of nitrogens with zero attached hydrogens (tertiary/aromatic N) is 3. The van der Waals surface area contributed by atoms with Gasteiger partial charge in [0.1, 0.15) is 17.5 Å². The van der Waals surface area contributed by atoms with Crippen LogP contribution in [0.2, 0.25) is 0 Å². The Labute approximate surface area is 135 Å². The maximum atomic E-state index is 4.55. The average molecular weight is 317 g/mol. The van der Waals surface area contributed by atoms with Gasteiger partial charge in [0, 0.05) is 30.1 Å². The highest BCUT2D eigenvalue weighted by molar-refractivity contribution is 7.15. The Kier molecular flexibility index (Phi) is 4.87. The van der Waals surface area contributed by atoms with E-state index >= 15 is 0 Å². The average Bonchev–Trinajstić information content (AvgIpc) is 2.91. The predicted molar refractivity (Wildman–Crippen MR) is 92.2 cm³/mol. The Balaban J connectivity index is 1.73. The van der Waals surface area contributed by atoms with Crippen LogP contribution in [0, 0.1) is 0 Å². The second-order valence-corrected chi connectivity index (χ2v) is 6.72. The molecule has 0 bridgehead atoms. The summed E-state index contributed by atoms with van der Waals surface area (Å²) < 4.78 is 0. The Bertz CT molecular complexity index is 621. The second-order valence-electron chi connectivity index (χ2n) is 5.66. The SMILES string of the molecule is CCCNc1cc(Nc2ncc(C3CCC3)s2)nc(CC)n1. The summed E-state index contributed by atoms with van der Waals surface area (Å²) in [7, 11) is 0. The second kappa shape index (κ2) is 7.05. The summed E-state index contributed by atoms with van der Waals surface area (Å²) in [6.45, 7) is 5.13. The molecular weight excluding hydrogens is 294 g/mol. The Hall–Kier alpha value is -1.69. The lowest BCUT2D eigenvalue weighted by molar-refractivity contribution is 0.425. The molecule has 0 saturated heterocycles. The van der Waals surface area contributed by atoms with Gasteiger partial charge in [-0.25, -0.2) is 15.0 Å². The van der Waals surface area contributed by atoms with Gasteiger partial charge < -0.3 is 10.6 Å². The number of aromatic nitrogens is 3. The van der Waals surface area contributed by atoms with Gasteiger partial charge in [-0.2, -0.15) is 0 Å². The van der Waals surface area contributed by atoms with Crippen LogP contribution < -0.4 is 10.6 Å². The van der Waals surface area contributed by atoms with E-state index in [0.717, 1.165) is 47.9 Å². The maximum absolute atomic E-state index is 4.55. The van der Waals surface area contributed by atoms with E-state index in [1.165, 1.54) is 24.1 Å². The molecule has 2 N–H and O–H groups in total. The zero-order chi connectivity index (χ0) is 15.4. The third-order valence-electron chi connectivity index (χ3n) is 3.91. The van der Waals surface area contributed by atoms with Crippen molar-refractivity contribution in [3.8, 4) is 0 Å². The lowest BCUT2D eigenvalue weighted by Crippen LogP contribution is -2.07. The van der Waals surface area contributed by atoms with Gasteiger partial charge in [-0.1, -0.05) is 20.3 Å². The Morgan fingerprint density at radius 1 is 1.23 bits per heavy atom. The predicted octanol–water partition coefficient (Wildman–Crippen LogP) is 4.33. The molecule has 0 radical (unpaired) electrons. The first-order valence-electron chi connectivity index (χ1n) is 8.13. The van der Waals surface area contributed by atoms with Crippen molar-refractivity contribution in [2.24, 2.45) is 0 Å². The molecule has 0 amide bonds. The van der Waals surface area contributed by atoms with Crippen LogP contribution in [-0.2, 0) is 6.42 Å². The fourth-order valence-electron chi connectivity index (χ4n) is 2.40. The molecule has 2 aromatic rings. The van der Waals surface area contributed by atoms with E-state index in [0.29, 0.717) is 0 Å². The van der Waals surface area contributed by atoms with E-state index in [1.807, 2.05) is 12.3 Å². The first kappa shape index (κ1) is 15.2. The van der Waals surface area contributed by atoms with Gasteiger partial charge in [0.25, 0.3) is 0 Å². The van der Waals surface area contributed by atoms with Crippen molar-refractivity contribution in [2.75, 3.05) is 17.2 Å². The summed E-state index contributed by atoms with van der Waals surface area (Å²) in [6, 6.07) is 1.96. The molecule has 0 aliphatic heterocycles. The number of hydrogen-bond acceptors (Lipinski definition) is 6. The lowest BCUT2D eigenvalue weighted by Gasteiger charge is -2.23.